The third-order valence-electron chi connectivity index (χ3n) is 5.50. The van der Waals surface area contributed by atoms with E-state index in [2.05, 4.69) is 11.8 Å². The molecule has 2 fully saturated rings. The van der Waals surface area contributed by atoms with E-state index in [9.17, 15) is 14.7 Å². The van der Waals surface area contributed by atoms with Crippen LogP contribution in [0.2, 0.25) is 5.02 Å². The topological polar surface area (TPSA) is 60.9 Å². The van der Waals surface area contributed by atoms with Gasteiger partial charge in [-0.05, 0) is 37.5 Å². The van der Waals surface area contributed by atoms with Crippen LogP contribution >= 0.6 is 11.6 Å². The Hall–Kier alpha value is -1.75. The van der Waals surface area contributed by atoms with Crippen LogP contribution in [0.5, 0.6) is 0 Å². The van der Waals surface area contributed by atoms with E-state index in [0.29, 0.717) is 31.0 Å². The van der Waals surface area contributed by atoms with Crippen LogP contribution in [-0.2, 0) is 9.59 Å². The number of carboxylic acid groups (broad SMARTS) is 1. The highest BCUT2D eigenvalue weighted by atomic mass is 35.5. The fourth-order valence-electron chi connectivity index (χ4n) is 4.05. The first-order chi connectivity index (χ1) is 12.0. The lowest BCUT2D eigenvalue weighted by Crippen LogP contribution is -2.52. The number of rotatable bonds is 3. The van der Waals surface area contributed by atoms with E-state index < -0.39 is 11.9 Å². The van der Waals surface area contributed by atoms with Crippen LogP contribution in [0, 0.1) is 18.8 Å². The third-order valence-corrected chi connectivity index (χ3v) is 5.74. The zero-order valence-electron chi connectivity index (χ0n) is 14.6. The van der Waals surface area contributed by atoms with Crippen LogP contribution in [0.15, 0.2) is 18.2 Å². The predicted molar refractivity (Wildman–Crippen MR) is 98.1 cm³/mol. The van der Waals surface area contributed by atoms with Crippen molar-refractivity contribution in [3.05, 3.63) is 28.8 Å². The second-order valence-electron chi connectivity index (χ2n) is 7.08. The second-order valence-corrected chi connectivity index (χ2v) is 7.52. The number of carbonyl (C=O) groups excluding carboxylic acids is 1. The quantitative estimate of drug-likeness (QED) is 0.894. The molecule has 1 aromatic carbocycles. The molecule has 1 heterocycles. The number of hydrogen-bond acceptors (Lipinski definition) is 3. The summed E-state index contributed by atoms with van der Waals surface area (Å²) in [6, 6.07) is 5.86. The highest BCUT2D eigenvalue weighted by Gasteiger charge is 2.38. The number of piperazine rings is 1. The van der Waals surface area contributed by atoms with Gasteiger partial charge in [-0.3, -0.25) is 9.59 Å². The summed E-state index contributed by atoms with van der Waals surface area (Å²) in [5.74, 6) is -1.68. The van der Waals surface area contributed by atoms with Gasteiger partial charge in [0.25, 0.3) is 0 Å². The second kappa shape index (κ2) is 7.65. The highest BCUT2D eigenvalue weighted by Crippen LogP contribution is 2.32. The Morgan fingerprint density at radius 3 is 2.36 bits per heavy atom. The lowest BCUT2D eigenvalue weighted by atomic mass is 9.78. The Kier molecular flexibility index (Phi) is 5.52. The van der Waals surface area contributed by atoms with Gasteiger partial charge in [0.15, 0.2) is 0 Å². The van der Waals surface area contributed by atoms with Crippen LogP contribution in [-0.4, -0.2) is 48.1 Å². The molecule has 0 bridgehead atoms. The summed E-state index contributed by atoms with van der Waals surface area (Å²) in [5.41, 5.74) is 2.28. The molecule has 25 heavy (non-hydrogen) atoms. The van der Waals surface area contributed by atoms with Crippen LogP contribution in [0.1, 0.15) is 31.2 Å². The molecular weight excluding hydrogens is 340 g/mol. The van der Waals surface area contributed by atoms with E-state index in [1.54, 1.807) is 0 Å². The van der Waals surface area contributed by atoms with E-state index in [-0.39, 0.29) is 11.8 Å². The van der Waals surface area contributed by atoms with Gasteiger partial charge in [0.2, 0.25) is 5.91 Å². The van der Waals surface area contributed by atoms with E-state index in [1.807, 2.05) is 23.1 Å². The maximum Gasteiger partial charge on any atom is 0.307 e. The number of aryl methyl sites for hydroxylation is 1. The van der Waals surface area contributed by atoms with Gasteiger partial charge in [-0.1, -0.05) is 30.5 Å². The maximum atomic E-state index is 12.9. The lowest BCUT2D eigenvalue weighted by molar-refractivity contribution is -0.152. The van der Waals surface area contributed by atoms with Crippen LogP contribution in [0.25, 0.3) is 0 Å². The smallest absolute Gasteiger partial charge is 0.307 e. The summed E-state index contributed by atoms with van der Waals surface area (Å²) in [6.07, 6.45) is 3.17. The minimum absolute atomic E-state index is 0.0227. The van der Waals surface area contributed by atoms with Crippen molar-refractivity contribution in [2.24, 2.45) is 11.8 Å². The van der Waals surface area contributed by atoms with Gasteiger partial charge < -0.3 is 14.9 Å². The molecule has 6 heteroatoms. The van der Waals surface area contributed by atoms with E-state index in [4.69, 9.17) is 11.6 Å². The van der Waals surface area contributed by atoms with E-state index >= 15 is 0 Å². The monoisotopic (exact) mass is 364 g/mol. The van der Waals surface area contributed by atoms with E-state index in [0.717, 1.165) is 31.6 Å². The fraction of sp³-hybridized carbons (Fsp3) is 0.579. The third kappa shape index (κ3) is 3.92. The first kappa shape index (κ1) is 18.1. The normalized spacial score (nSPS) is 24.2. The minimum atomic E-state index is -0.828. The number of amides is 1. The van der Waals surface area contributed by atoms with Crippen molar-refractivity contribution >= 4 is 29.2 Å². The summed E-state index contributed by atoms with van der Waals surface area (Å²) in [7, 11) is 0. The summed E-state index contributed by atoms with van der Waals surface area (Å²) in [4.78, 5) is 28.4. The van der Waals surface area contributed by atoms with Gasteiger partial charge >= 0.3 is 5.97 Å². The Labute approximate surface area is 153 Å². The average Bonchev–Trinajstić information content (AvgIpc) is 2.63. The van der Waals surface area contributed by atoms with Gasteiger partial charge in [-0.25, -0.2) is 0 Å². The molecule has 1 amide bonds. The SMILES string of the molecule is Cc1ccc(Cl)cc1N1CCN(C(=O)[C@@H]2CCCC[C@@H]2C(=O)O)CC1. The van der Waals surface area contributed by atoms with Crippen LogP contribution in [0.4, 0.5) is 5.69 Å². The van der Waals surface area contributed by atoms with Crippen molar-refractivity contribution in [1.82, 2.24) is 4.90 Å². The molecule has 1 saturated heterocycles. The van der Waals surface area contributed by atoms with Crippen molar-refractivity contribution in [2.75, 3.05) is 31.1 Å². The first-order valence-electron chi connectivity index (χ1n) is 9.00. The Morgan fingerprint density at radius 2 is 1.72 bits per heavy atom. The summed E-state index contributed by atoms with van der Waals surface area (Å²) in [6.45, 7) is 4.82. The highest BCUT2D eigenvalue weighted by molar-refractivity contribution is 6.30. The Morgan fingerprint density at radius 1 is 1.08 bits per heavy atom. The fourth-order valence-corrected chi connectivity index (χ4v) is 4.21. The standard InChI is InChI=1S/C19H25ClN2O3/c1-13-6-7-14(20)12-17(13)21-8-10-22(11-9-21)18(23)15-4-2-3-5-16(15)19(24)25/h6-7,12,15-16H,2-5,8-11H2,1H3,(H,24,25)/t15-,16+/m1/s1. The molecule has 0 radical (unpaired) electrons. The molecule has 136 valence electrons. The van der Waals surface area contributed by atoms with Gasteiger partial charge in [0.05, 0.1) is 11.8 Å². The molecule has 1 aliphatic heterocycles. The van der Waals surface area contributed by atoms with Crippen LogP contribution in [0.3, 0.4) is 0 Å². The van der Waals surface area contributed by atoms with Gasteiger partial charge in [0, 0.05) is 36.9 Å². The number of aliphatic carboxylic acids is 1. The van der Waals surface area contributed by atoms with Crippen molar-refractivity contribution in [3.63, 3.8) is 0 Å². The summed E-state index contributed by atoms with van der Waals surface area (Å²) >= 11 is 6.12. The number of carboxylic acids is 1. The first-order valence-corrected chi connectivity index (χ1v) is 9.38. The minimum Gasteiger partial charge on any atom is -0.481 e. The number of anilines is 1. The molecule has 3 rings (SSSR count). The Bertz CT molecular complexity index is 656. The lowest BCUT2D eigenvalue weighted by Gasteiger charge is -2.39. The number of carbonyl (C=O) groups is 2. The zero-order valence-corrected chi connectivity index (χ0v) is 15.3. The molecule has 2 aliphatic rings. The van der Waals surface area contributed by atoms with Crippen molar-refractivity contribution < 1.29 is 14.7 Å². The van der Waals surface area contributed by atoms with Gasteiger partial charge in [0.1, 0.15) is 0 Å². The predicted octanol–water partition coefficient (Wildman–Crippen LogP) is 3.19. The van der Waals surface area contributed by atoms with Crippen LogP contribution < -0.4 is 4.90 Å². The molecule has 0 aromatic heterocycles. The molecule has 1 saturated carbocycles. The molecule has 1 aliphatic carbocycles. The summed E-state index contributed by atoms with van der Waals surface area (Å²) < 4.78 is 0. The maximum absolute atomic E-state index is 12.9. The van der Waals surface area contributed by atoms with Crippen molar-refractivity contribution in [2.45, 2.75) is 32.6 Å². The number of hydrogen-bond donors (Lipinski definition) is 1. The van der Waals surface area contributed by atoms with Crippen molar-refractivity contribution in [3.8, 4) is 0 Å². The molecule has 2 atom stereocenters. The Balaban J connectivity index is 1.64. The zero-order chi connectivity index (χ0) is 18.0. The molecule has 0 spiro atoms. The average molecular weight is 365 g/mol. The molecule has 1 N–H and O–H groups in total. The van der Waals surface area contributed by atoms with E-state index in [1.165, 1.54) is 5.56 Å². The van der Waals surface area contributed by atoms with Gasteiger partial charge in [-0.2, -0.15) is 0 Å². The molecule has 1 aromatic rings. The molecule has 5 nitrogen and oxygen atoms in total. The number of halogens is 1. The number of benzene rings is 1. The molecular formula is C19H25ClN2O3. The largest absolute Gasteiger partial charge is 0.481 e. The molecule has 0 unspecified atom stereocenters. The number of nitrogens with zero attached hydrogens (tertiary/aromatic N) is 2. The summed E-state index contributed by atoms with van der Waals surface area (Å²) in [5, 5.41) is 10.1. The van der Waals surface area contributed by atoms with Crippen molar-refractivity contribution in [1.29, 1.82) is 0 Å². The van der Waals surface area contributed by atoms with Gasteiger partial charge in [-0.15, -0.1) is 0 Å².